The number of rotatable bonds is 14. The zero-order chi connectivity index (χ0) is 16.8. The van der Waals surface area contributed by atoms with Crippen LogP contribution < -0.4 is 51.4 Å². The van der Waals surface area contributed by atoms with Gasteiger partial charge in [-0.25, -0.2) is 8.42 Å². The van der Waals surface area contributed by atoms with Crippen LogP contribution in [0.2, 0.25) is 0 Å². The van der Waals surface area contributed by atoms with Gasteiger partial charge >= 0.3 is 51.4 Å². The van der Waals surface area contributed by atoms with Gasteiger partial charge in [-0.05, 0) is 19.3 Å². The number of carbonyl (C=O) groups excluding carboxylic acids is 1. The Kier molecular flexibility index (Phi) is 18.8. The maximum Gasteiger partial charge on any atom is 1.00 e. The van der Waals surface area contributed by atoms with Crippen molar-refractivity contribution in [3.05, 3.63) is 0 Å². The number of hydrogen-bond donors (Lipinski definition) is 0. The van der Waals surface area contributed by atoms with Crippen molar-refractivity contribution < 1.29 is 69.1 Å². The Labute approximate surface area is 185 Å². The summed E-state index contributed by atoms with van der Waals surface area (Å²) in [7, 11) is -2.39. The minimum absolute atomic E-state index is 0. The summed E-state index contributed by atoms with van der Waals surface area (Å²) >= 11 is 0. The van der Waals surface area contributed by atoms with Crippen molar-refractivity contribution in [2.45, 2.75) is 77.6 Å². The van der Waals surface area contributed by atoms with Gasteiger partial charge in [0.05, 0.1) is 10.1 Å². The van der Waals surface area contributed by atoms with Crippen molar-refractivity contribution in [1.29, 1.82) is 0 Å². The van der Waals surface area contributed by atoms with E-state index in [1.807, 2.05) is 0 Å². The summed E-state index contributed by atoms with van der Waals surface area (Å²) in [4.78, 5) is 13.5. The van der Waals surface area contributed by atoms with Gasteiger partial charge in [0.25, 0.3) is 0 Å². The van der Waals surface area contributed by atoms with E-state index >= 15 is 0 Å². The van der Waals surface area contributed by atoms with E-state index in [0.29, 0.717) is 25.8 Å². The predicted octanol–water partition coefficient (Wildman–Crippen LogP) is 0.305. The normalized spacial score (nSPS) is 11.1. The van der Waals surface area contributed by atoms with Crippen LogP contribution >= 0.6 is 0 Å². The van der Waals surface area contributed by atoms with Crippen LogP contribution in [0.3, 0.4) is 0 Å². The molecule has 0 aromatic carbocycles. The first-order valence-electron chi connectivity index (χ1n) is 8.54. The maximum atomic E-state index is 11.9. The van der Waals surface area contributed by atoms with Crippen LogP contribution in [0, 0.1) is 0 Å². The van der Waals surface area contributed by atoms with E-state index in [-0.39, 0.29) is 63.0 Å². The third-order valence-corrected chi connectivity index (χ3v) is 4.60. The molecule has 0 aromatic rings. The van der Waals surface area contributed by atoms with Crippen LogP contribution in [0.25, 0.3) is 0 Å². The van der Waals surface area contributed by atoms with Gasteiger partial charge in [-0.2, -0.15) is 0 Å². The zero-order valence-corrected chi connectivity index (χ0v) is 19.1. The first kappa shape index (κ1) is 26.2. The van der Waals surface area contributed by atoms with Crippen molar-refractivity contribution in [2.24, 2.45) is 0 Å². The average Bonchev–Trinajstić information content (AvgIpc) is 2.45. The molecule has 0 aliphatic rings. The van der Waals surface area contributed by atoms with Crippen molar-refractivity contribution in [2.75, 3.05) is 19.3 Å². The maximum absolute atomic E-state index is 11.9. The molecule has 0 atom stereocenters. The van der Waals surface area contributed by atoms with Gasteiger partial charge in [-0.15, -0.1) is 0 Å². The second kappa shape index (κ2) is 16.5. The monoisotopic (exact) mass is 373 g/mol. The van der Waals surface area contributed by atoms with Gasteiger partial charge in [-0.3, -0.25) is 4.79 Å². The van der Waals surface area contributed by atoms with E-state index in [9.17, 15) is 17.8 Å². The number of carbonyl (C=O) groups is 1. The standard InChI is InChI=1S/C16H33NO4S.K/c1-3-4-5-6-7-8-9-10-13-16(18)17(2)14-11-12-15-22(19,20)21;/h3-15H2,1-2H3,(H,19,20,21);/q;+1/p-1. The molecule has 7 heteroatoms. The average molecular weight is 374 g/mol. The number of amides is 1. The summed E-state index contributed by atoms with van der Waals surface area (Å²) in [6.07, 6.45) is 11.1. The van der Waals surface area contributed by atoms with Gasteiger partial charge in [0.1, 0.15) is 0 Å². The molecule has 0 aromatic heterocycles. The van der Waals surface area contributed by atoms with Gasteiger partial charge in [0.2, 0.25) is 5.91 Å². The molecular formula is C16H32KNO4S. The molecule has 0 bridgehead atoms. The van der Waals surface area contributed by atoms with Crippen molar-refractivity contribution >= 4 is 16.0 Å². The van der Waals surface area contributed by atoms with Crippen LogP contribution in [0.15, 0.2) is 0 Å². The van der Waals surface area contributed by atoms with Crippen molar-refractivity contribution in [3.8, 4) is 0 Å². The summed E-state index contributed by atoms with van der Waals surface area (Å²) in [6.45, 7) is 2.73. The summed E-state index contributed by atoms with van der Waals surface area (Å²) in [5, 5.41) is 0. The van der Waals surface area contributed by atoms with Gasteiger partial charge in [0, 0.05) is 25.8 Å². The van der Waals surface area contributed by atoms with E-state index in [2.05, 4.69) is 6.92 Å². The third kappa shape index (κ3) is 19.2. The fourth-order valence-corrected chi connectivity index (χ4v) is 2.91. The summed E-state index contributed by atoms with van der Waals surface area (Å²) in [6, 6.07) is 0. The van der Waals surface area contributed by atoms with Crippen LogP contribution in [0.1, 0.15) is 77.6 Å². The molecule has 5 nitrogen and oxygen atoms in total. The summed E-state index contributed by atoms with van der Waals surface area (Å²) < 4.78 is 31.4. The zero-order valence-electron chi connectivity index (χ0n) is 15.2. The Bertz CT molecular complexity index is 388. The largest absolute Gasteiger partial charge is 1.00 e. The molecule has 0 heterocycles. The Morgan fingerprint density at radius 3 is 1.96 bits per heavy atom. The molecule has 132 valence electrons. The van der Waals surface area contributed by atoms with Crippen LogP contribution in [-0.2, 0) is 14.9 Å². The fourth-order valence-electron chi connectivity index (χ4n) is 2.35. The Morgan fingerprint density at radius 2 is 1.43 bits per heavy atom. The van der Waals surface area contributed by atoms with Crippen LogP contribution in [0.5, 0.6) is 0 Å². The predicted molar refractivity (Wildman–Crippen MR) is 88.7 cm³/mol. The van der Waals surface area contributed by atoms with Gasteiger partial charge in [0.15, 0.2) is 0 Å². The van der Waals surface area contributed by atoms with E-state index < -0.39 is 10.1 Å². The Morgan fingerprint density at radius 1 is 0.913 bits per heavy atom. The van der Waals surface area contributed by atoms with Crippen molar-refractivity contribution in [1.82, 2.24) is 4.90 Å². The van der Waals surface area contributed by atoms with Crippen LogP contribution in [0.4, 0.5) is 0 Å². The SMILES string of the molecule is CCCCCCCCCCC(=O)N(C)CCCCS(=O)(=O)[O-].[K+]. The fraction of sp³-hybridized carbons (Fsp3) is 0.938. The molecule has 23 heavy (non-hydrogen) atoms. The number of hydrogen-bond acceptors (Lipinski definition) is 4. The molecule has 0 N–H and O–H groups in total. The topological polar surface area (TPSA) is 77.5 Å². The second-order valence-electron chi connectivity index (χ2n) is 6.01. The molecule has 0 radical (unpaired) electrons. The Balaban J connectivity index is 0. The number of nitrogens with zero attached hydrogens (tertiary/aromatic N) is 1. The first-order valence-corrected chi connectivity index (χ1v) is 10.1. The van der Waals surface area contributed by atoms with Gasteiger partial charge in [-0.1, -0.05) is 51.9 Å². The summed E-state index contributed by atoms with van der Waals surface area (Å²) in [5.41, 5.74) is 0. The molecule has 0 aliphatic heterocycles. The number of unbranched alkanes of at least 4 members (excludes halogenated alkanes) is 8. The molecule has 0 rings (SSSR count). The van der Waals surface area contributed by atoms with Gasteiger partial charge < -0.3 is 9.45 Å². The third-order valence-electron chi connectivity index (χ3n) is 3.81. The first-order chi connectivity index (χ1) is 10.4. The minimum Gasteiger partial charge on any atom is -0.748 e. The van der Waals surface area contributed by atoms with E-state index in [4.69, 9.17) is 0 Å². The molecule has 0 fully saturated rings. The molecule has 0 spiro atoms. The van der Waals surface area contributed by atoms with Crippen LogP contribution in [-0.4, -0.2) is 43.1 Å². The van der Waals surface area contributed by atoms with E-state index in [1.54, 1.807) is 11.9 Å². The minimum atomic E-state index is -4.12. The molecule has 0 saturated heterocycles. The second-order valence-corrected chi connectivity index (χ2v) is 7.53. The molecule has 0 unspecified atom stereocenters. The van der Waals surface area contributed by atoms with E-state index in [1.165, 1.54) is 38.5 Å². The Hall–Kier alpha value is 1.02. The molecule has 0 aliphatic carbocycles. The van der Waals surface area contributed by atoms with Crippen molar-refractivity contribution in [3.63, 3.8) is 0 Å². The smallest absolute Gasteiger partial charge is 0.748 e. The molecule has 0 saturated carbocycles. The quantitative estimate of drug-likeness (QED) is 0.249. The molecular weight excluding hydrogens is 341 g/mol. The summed E-state index contributed by atoms with van der Waals surface area (Å²) in [5.74, 6) is -0.233. The van der Waals surface area contributed by atoms with E-state index in [0.717, 1.165) is 12.8 Å². The molecule has 1 amide bonds.